The molecule has 22 heavy (non-hydrogen) atoms. The molecule has 1 unspecified atom stereocenters. The third-order valence-corrected chi connectivity index (χ3v) is 3.90. The zero-order chi connectivity index (χ0) is 15.4. The van der Waals surface area contributed by atoms with Gasteiger partial charge in [-0.15, -0.1) is 0 Å². The molecule has 1 saturated heterocycles. The van der Waals surface area contributed by atoms with Gasteiger partial charge in [0.1, 0.15) is 0 Å². The Bertz CT molecular complexity index is 646. The summed E-state index contributed by atoms with van der Waals surface area (Å²) in [5.41, 5.74) is 7.09. The fourth-order valence-corrected chi connectivity index (χ4v) is 2.72. The van der Waals surface area contributed by atoms with Crippen molar-refractivity contribution >= 4 is 17.4 Å². The normalized spacial score (nSPS) is 17.5. The summed E-state index contributed by atoms with van der Waals surface area (Å²) in [6.45, 7) is 2.58. The fraction of sp³-hybridized carbons (Fsp3) is 0.312. The van der Waals surface area contributed by atoms with Crippen LogP contribution in [-0.2, 0) is 0 Å². The maximum atomic E-state index is 12.1. The molecule has 2 heterocycles. The van der Waals surface area contributed by atoms with E-state index in [0.29, 0.717) is 12.5 Å². The summed E-state index contributed by atoms with van der Waals surface area (Å²) in [4.78, 5) is 22.3. The smallest absolute Gasteiger partial charge is 0.273 e. The van der Waals surface area contributed by atoms with E-state index >= 15 is 0 Å². The number of anilines is 2. The highest BCUT2D eigenvalue weighted by atomic mass is 16.1. The minimum Gasteiger partial charge on any atom is -0.382 e. The third-order valence-electron chi connectivity index (χ3n) is 3.90. The Morgan fingerprint density at radius 3 is 2.82 bits per heavy atom. The van der Waals surface area contributed by atoms with Gasteiger partial charge in [0.05, 0.1) is 0 Å². The number of carbonyl (C=O) groups is 1. The Balaban J connectivity index is 1.53. The highest BCUT2D eigenvalue weighted by molar-refractivity contribution is 5.96. The van der Waals surface area contributed by atoms with Gasteiger partial charge in [0.25, 0.3) is 5.91 Å². The Morgan fingerprint density at radius 1 is 1.27 bits per heavy atom. The van der Waals surface area contributed by atoms with Crippen molar-refractivity contribution in [2.75, 3.05) is 30.3 Å². The molecule has 1 aliphatic rings. The maximum Gasteiger partial charge on any atom is 0.273 e. The Labute approximate surface area is 129 Å². The van der Waals surface area contributed by atoms with Gasteiger partial charge < -0.3 is 16.0 Å². The van der Waals surface area contributed by atoms with E-state index in [9.17, 15) is 4.79 Å². The fourth-order valence-electron chi connectivity index (χ4n) is 2.72. The van der Waals surface area contributed by atoms with Crippen LogP contribution < -0.4 is 16.0 Å². The second kappa shape index (κ2) is 6.43. The van der Waals surface area contributed by atoms with E-state index in [-0.39, 0.29) is 17.4 Å². The average molecular weight is 297 g/mol. The second-order valence-electron chi connectivity index (χ2n) is 5.44. The van der Waals surface area contributed by atoms with Crippen LogP contribution in [0.4, 0.5) is 11.5 Å². The standard InChI is InChI=1S/C16H19N5O/c17-15-14(18-7-8-19-15)16(22)20-10-12-6-9-21(11-12)13-4-2-1-3-5-13/h1-5,7-8,12H,6,9-11H2,(H2,17,19)(H,20,22). The number of rotatable bonds is 4. The van der Waals surface area contributed by atoms with Crippen molar-refractivity contribution in [3.8, 4) is 0 Å². The summed E-state index contributed by atoms with van der Waals surface area (Å²) in [7, 11) is 0. The topological polar surface area (TPSA) is 84.1 Å². The van der Waals surface area contributed by atoms with Crippen molar-refractivity contribution in [3.63, 3.8) is 0 Å². The quantitative estimate of drug-likeness (QED) is 0.889. The lowest BCUT2D eigenvalue weighted by molar-refractivity contribution is 0.0944. The van der Waals surface area contributed by atoms with Crippen LogP contribution in [-0.4, -0.2) is 35.5 Å². The molecular weight excluding hydrogens is 278 g/mol. The van der Waals surface area contributed by atoms with Gasteiger partial charge >= 0.3 is 0 Å². The Morgan fingerprint density at radius 2 is 2.05 bits per heavy atom. The number of nitrogen functional groups attached to an aromatic ring is 1. The van der Waals surface area contributed by atoms with Crippen LogP contribution in [0.1, 0.15) is 16.9 Å². The molecule has 6 heteroatoms. The molecule has 1 amide bonds. The first-order valence-corrected chi connectivity index (χ1v) is 7.38. The summed E-state index contributed by atoms with van der Waals surface area (Å²) < 4.78 is 0. The molecule has 1 aliphatic heterocycles. The summed E-state index contributed by atoms with van der Waals surface area (Å²) in [5, 5.41) is 2.91. The van der Waals surface area contributed by atoms with Gasteiger partial charge in [0, 0.05) is 37.7 Å². The first-order chi connectivity index (χ1) is 10.7. The molecule has 0 spiro atoms. The summed E-state index contributed by atoms with van der Waals surface area (Å²) >= 11 is 0. The first-order valence-electron chi connectivity index (χ1n) is 7.38. The van der Waals surface area contributed by atoms with E-state index in [1.165, 1.54) is 18.1 Å². The number of amides is 1. The average Bonchev–Trinajstić information content (AvgIpc) is 3.03. The van der Waals surface area contributed by atoms with Gasteiger partial charge in [0.2, 0.25) is 0 Å². The zero-order valence-electron chi connectivity index (χ0n) is 12.3. The number of benzene rings is 1. The summed E-state index contributed by atoms with van der Waals surface area (Å²) in [6, 6.07) is 10.3. The molecule has 1 aromatic carbocycles. The number of carbonyl (C=O) groups excluding carboxylic acids is 1. The van der Waals surface area contributed by atoms with E-state index in [1.807, 2.05) is 18.2 Å². The number of para-hydroxylation sites is 1. The molecule has 0 aliphatic carbocycles. The lowest BCUT2D eigenvalue weighted by Crippen LogP contribution is -2.32. The molecule has 3 rings (SSSR count). The van der Waals surface area contributed by atoms with E-state index in [2.05, 4.69) is 32.3 Å². The van der Waals surface area contributed by atoms with Gasteiger partial charge in [-0.1, -0.05) is 18.2 Å². The molecule has 2 aromatic rings. The van der Waals surface area contributed by atoms with Gasteiger partial charge in [-0.25, -0.2) is 9.97 Å². The van der Waals surface area contributed by atoms with Crippen molar-refractivity contribution < 1.29 is 4.79 Å². The van der Waals surface area contributed by atoms with Crippen LogP contribution in [0.3, 0.4) is 0 Å². The lowest BCUT2D eigenvalue weighted by atomic mass is 10.1. The van der Waals surface area contributed by atoms with E-state index in [1.54, 1.807) is 0 Å². The zero-order valence-corrected chi connectivity index (χ0v) is 12.3. The third kappa shape index (κ3) is 3.16. The van der Waals surface area contributed by atoms with Crippen molar-refractivity contribution in [1.82, 2.24) is 15.3 Å². The van der Waals surface area contributed by atoms with Crippen molar-refractivity contribution in [2.24, 2.45) is 5.92 Å². The monoisotopic (exact) mass is 297 g/mol. The van der Waals surface area contributed by atoms with Crippen LogP contribution in [0.25, 0.3) is 0 Å². The highest BCUT2D eigenvalue weighted by Gasteiger charge is 2.23. The maximum absolute atomic E-state index is 12.1. The molecule has 1 fully saturated rings. The van der Waals surface area contributed by atoms with Gasteiger partial charge in [0.15, 0.2) is 11.5 Å². The number of hydrogen-bond donors (Lipinski definition) is 2. The highest BCUT2D eigenvalue weighted by Crippen LogP contribution is 2.23. The van der Waals surface area contributed by atoms with Crippen LogP contribution in [0.15, 0.2) is 42.7 Å². The predicted octanol–water partition coefficient (Wildman–Crippen LogP) is 1.32. The minimum absolute atomic E-state index is 0.164. The molecule has 0 bridgehead atoms. The van der Waals surface area contributed by atoms with Crippen LogP contribution in [0.5, 0.6) is 0 Å². The van der Waals surface area contributed by atoms with Gasteiger partial charge in [-0.3, -0.25) is 4.79 Å². The summed E-state index contributed by atoms with van der Waals surface area (Å²) in [6.07, 6.45) is 4.00. The van der Waals surface area contributed by atoms with Gasteiger partial charge in [-0.2, -0.15) is 0 Å². The Kier molecular flexibility index (Phi) is 4.18. The number of nitrogens with one attached hydrogen (secondary N) is 1. The van der Waals surface area contributed by atoms with Crippen molar-refractivity contribution in [3.05, 3.63) is 48.4 Å². The lowest BCUT2D eigenvalue weighted by Gasteiger charge is -2.18. The summed E-state index contributed by atoms with van der Waals surface area (Å²) in [5.74, 6) is 0.336. The number of nitrogens with zero attached hydrogens (tertiary/aromatic N) is 3. The molecular formula is C16H19N5O. The van der Waals surface area contributed by atoms with Crippen LogP contribution >= 0.6 is 0 Å². The van der Waals surface area contributed by atoms with Crippen molar-refractivity contribution in [2.45, 2.75) is 6.42 Å². The molecule has 1 aromatic heterocycles. The van der Waals surface area contributed by atoms with E-state index in [0.717, 1.165) is 19.5 Å². The number of nitrogens with two attached hydrogens (primary N) is 1. The molecule has 0 saturated carbocycles. The predicted molar refractivity (Wildman–Crippen MR) is 85.5 cm³/mol. The molecule has 3 N–H and O–H groups in total. The van der Waals surface area contributed by atoms with Crippen LogP contribution in [0, 0.1) is 5.92 Å². The number of aromatic nitrogens is 2. The molecule has 114 valence electrons. The molecule has 1 atom stereocenters. The first kappa shape index (κ1) is 14.3. The largest absolute Gasteiger partial charge is 0.382 e. The van der Waals surface area contributed by atoms with Crippen LogP contribution in [0.2, 0.25) is 0 Å². The van der Waals surface area contributed by atoms with Gasteiger partial charge in [-0.05, 0) is 24.5 Å². The van der Waals surface area contributed by atoms with E-state index < -0.39 is 0 Å². The number of hydrogen-bond acceptors (Lipinski definition) is 5. The minimum atomic E-state index is -0.260. The SMILES string of the molecule is Nc1nccnc1C(=O)NCC1CCN(c2ccccc2)C1. The Hall–Kier alpha value is -2.63. The van der Waals surface area contributed by atoms with Crippen molar-refractivity contribution in [1.29, 1.82) is 0 Å². The second-order valence-corrected chi connectivity index (χ2v) is 5.44. The molecule has 6 nitrogen and oxygen atoms in total. The molecule has 0 radical (unpaired) electrons. The van der Waals surface area contributed by atoms with E-state index in [4.69, 9.17) is 5.73 Å².